The molecule has 0 aliphatic carbocycles. The molecule has 9 heteroatoms. The number of aryl methyl sites for hydroxylation is 1. The molecule has 0 spiro atoms. The summed E-state index contributed by atoms with van der Waals surface area (Å²) in [4.78, 5) is 50.5. The molecule has 2 N–H and O–H groups in total. The highest BCUT2D eigenvalue weighted by Gasteiger charge is 2.27. The predicted octanol–water partition coefficient (Wildman–Crippen LogP) is 5.22. The van der Waals surface area contributed by atoms with E-state index in [2.05, 4.69) is 10.6 Å². The summed E-state index contributed by atoms with van der Waals surface area (Å²) in [5.74, 6) is -1.94. The molecule has 0 radical (unpaired) electrons. The zero-order valence-electron chi connectivity index (χ0n) is 19.9. The Morgan fingerprint density at radius 2 is 1.31 bits per heavy atom. The Bertz CT molecular complexity index is 1250. The summed E-state index contributed by atoms with van der Waals surface area (Å²) in [5, 5.41) is 5.73. The van der Waals surface area contributed by atoms with Crippen LogP contribution in [0.25, 0.3) is 0 Å². The van der Waals surface area contributed by atoms with E-state index in [0.717, 1.165) is 16.9 Å². The number of amides is 2. The van der Waals surface area contributed by atoms with E-state index in [4.69, 9.17) is 9.47 Å². The van der Waals surface area contributed by atoms with Crippen molar-refractivity contribution in [2.75, 3.05) is 23.8 Å². The van der Waals surface area contributed by atoms with Crippen molar-refractivity contribution in [3.8, 4) is 0 Å². The van der Waals surface area contributed by atoms with Crippen LogP contribution in [0.4, 0.5) is 10.7 Å². The topological polar surface area (TPSA) is 111 Å². The van der Waals surface area contributed by atoms with E-state index in [1.54, 1.807) is 57.2 Å². The molecule has 3 rings (SSSR count). The van der Waals surface area contributed by atoms with Gasteiger partial charge in [-0.1, -0.05) is 17.7 Å². The van der Waals surface area contributed by atoms with E-state index in [1.807, 2.05) is 19.1 Å². The fourth-order valence-electron chi connectivity index (χ4n) is 3.24. The lowest BCUT2D eigenvalue weighted by Crippen LogP contribution is -2.15. The first-order valence-corrected chi connectivity index (χ1v) is 11.8. The molecule has 0 atom stereocenters. The van der Waals surface area contributed by atoms with Gasteiger partial charge >= 0.3 is 11.9 Å². The SMILES string of the molecule is CCOC(=O)c1ccc(NC(=O)c2sc(NC(=O)c3ccc(C)cc3)c(C(=O)OCC)c2C)cc1. The molecule has 35 heavy (non-hydrogen) atoms. The number of rotatable bonds is 8. The fourth-order valence-corrected chi connectivity index (χ4v) is 4.32. The summed E-state index contributed by atoms with van der Waals surface area (Å²) in [6.45, 7) is 7.35. The highest BCUT2D eigenvalue weighted by atomic mass is 32.1. The van der Waals surface area contributed by atoms with E-state index in [9.17, 15) is 19.2 Å². The quantitative estimate of drug-likeness (QED) is 0.415. The van der Waals surface area contributed by atoms with E-state index < -0.39 is 23.8 Å². The number of benzene rings is 2. The van der Waals surface area contributed by atoms with Crippen LogP contribution in [-0.4, -0.2) is 37.0 Å². The molecule has 2 aromatic carbocycles. The van der Waals surface area contributed by atoms with E-state index >= 15 is 0 Å². The van der Waals surface area contributed by atoms with Gasteiger partial charge in [-0.3, -0.25) is 9.59 Å². The molecule has 1 heterocycles. The zero-order valence-corrected chi connectivity index (χ0v) is 20.7. The second-order valence-corrected chi connectivity index (χ2v) is 8.57. The number of carbonyl (C=O) groups is 4. The second kappa shape index (κ2) is 11.4. The Balaban J connectivity index is 1.86. The van der Waals surface area contributed by atoms with E-state index in [0.29, 0.717) is 22.4 Å². The molecule has 0 saturated carbocycles. The molecule has 0 aliphatic heterocycles. The summed E-state index contributed by atoms with van der Waals surface area (Å²) in [7, 11) is 0. The number of hydrogen-bond donors (Lipinski definition) is 2. The number of carbonyl (C=O) groups excluding carboxylic acids is 4. The van der Waals surface area contributed by atoms with Gasteiger partial charge in [-0.15, -0.1) is 11.3 Å². The number of ether oxygens (including phenoxy) is 2. The molecule has 2 amide bonds. The first-order valence-electron chi connectivity index (χ1n) is 11.0. The van der Waals surface area contributed by atoms with Crippen molar-refractivity contribution in [3.63, 3.8) is 0 Å². The maximum Gasteiger partial charge on any atom is 0.341 e. The second-order valence-electron chi connectivity index (χ2n) is 7.55. The molecular weight excluding hydrogens is 468 g/mol. The third-order valence-corrected chi connectivity index (χ3v) is 6.23. The molecule has 182 valence electrons. The summed E-state index contributed by atoms with van der Waals surface area (Å²) in [6, 6.07) is 13.3. The van der Waals surface area contributed by atoms with Crippen molar-refractivity contribution in [1.29, 1.82) is 0 Å². The van der Waals surface area contributed by atoms with Crippen LogP contribution >= 0.6 is 11.3 Å². The molecule has 1 aromatic heterocycles. The molecule has 8 nitrogen and oxygen atoms in total. The van der Waals surface area contributed by atoms with Gasteiger partial charge in [-0.2, -0.15) is 0 Å². The number of esters is 2. The van der Waals surface area contributed by atoms with Crippen molar-refractivity contribution in [2.24, 2.45) is 0 Å². The van der Waals surface area contributed by atoms with E-state index in [1.165, 1.54) is 0 Å². The van der Waals surface area contributed by atoms with Crippen LogP contribution in [-0.2, 0) is 9.47 Å². The summed E-state index contributed by atoms with van der Waals surface area (Å²) >= 11 is 0.990. The van der Waals surface area contributed by atoms with Crippen LogP contribution in [0.1, 0.15) is 65.7 Å². The van der Waals surface area contributed by atoms with Crippen molar-refractivity contribution >= 4 is 45.8 Å². The first-order chi connectivity index (χ1) is 16.7. The fraction of sp³-hybridized carbons (Fsp3) is 0.231. The molecule has 0 unspecified atom stereocenters. The Kier molecular flexibility index (Phi) is 8.38. The van der Waals surface area contributed by atoms with Gasteiger partial charge in [0, 0.05) is 11.3 Å². The van der Waals surface area contributed by atoms with Crippen molar-refractivity contribution in [1.82, 2.24) is 0 Å². The molecule has 0 bridgehead atoms. The summed E-state index contributed by atoms with van der Waals surface area (Å²) in [5.41, 5.74) is 2.79. The number of hydrogen-bond acceptors (Lipinski definition) is 7. The van der Waals surface area contributed by atoms with Crippen molar-refractivity contribution in [3.05, 3.63) is 81.2 Å². The van der Waals surface area contributed by atoms with Gasteiger partial charge in [-0.25, -0.2) is 9.59 Å². The molecular formula is C26H26N2O6S. The summed E-state index contributed by atoms with van der Waals surface area (Å²) < 4.78 is 10.1. The maximum atomic E-state index is 13.0. The van der Waals surface area contributed by atoms with Gasteiger partial charge in [0.1, 0.15) is 5.00 Å². The Morgan fingerprint density at radius 1 is 0.743 bits per heavy atom. The Labute approximate surface area is 207 Å². The van der Waals surface area contributed by atoms with Gasteiger partial charge < -0.3 is 20.1 Å². The van der Waals surface area contributed by atoms with Crippen molar-refractivity contribution in [2.45, 2.75) is 27.7 Å². The van der Waals surface area contributed by atoms with E-state index in [-0.39, 0.29) is 28.7 Å². The van der Waals surface area contributed by atoms with Crippen LogP contribution in [0.2, 0.25) is 0 Å². The number of thiophene rings is 1. The first kappa shape index (κ1) is 25.6. The largest absolute Gasteiger partial charge is 0.462 e. The molecule has 3 aromatic rings. The predicted molar refractivity (Wildman–Crippen MR) is 134 cm³/mol. The lowest BCUT2D eigenvalue weighted by Gasteiger charge is -2.07. The van der Waals surface area contributed by atoms with Crippen molar-refractivity contribution < 1.29 is 28.7 Å². The highest BCUT2D eigenvalue weighted by Crippen LogP contribution is 2.34. The Hall–Kier alpha value is -3.98. The normalized spacial score (nSPS) is 10.4. The molecule has 0 saturated heterocycles. The average molecular weight is 495 g/mol. The molecule has 0 aliphatic rings. The van der Waals surface area contributed by atoms with Crippen LogP contribution in [0.15, 0.2) is 48.5 Å². The third-order valence-electron chi connectivity index (χ3n) is 5.03. The Morgan fingerprint density at radius 3 is 1.91 bits per heavy atom. The van der Waals surface area contributed by atoms with Gasteiger partial charge in [0.15, 0.2) is 0 Å². The molecule has 0 fully saturated rings. The smallest absolute Gasteiger partial charge is 0.341 e. The maximum absolute atomic E-state index is 13.0. The number of nitrogens with one attached hydrogen (secondary N) is 2. The van der Waals surface area contributed by atoms with Gasteiger partial charge in [-0.05, 0) is 69.7 Å². The van der Waals surface area contributed by atoms with Gasteiger partial charge in [0.25, 0.3) is 11.8 Å². The average Bonchev–Trinajstić information content (AvgIpc) is 3.16. The summed E-state index contributed by atoms with van der Waals surface area (Å²) in [6.07, 6.45) is 0. The van der Waals surface area contributed by atoms with Crippen LogP contribution in [0.5, 0.6) is 0 Å². The minimum Gasteiger partial charge on any atom is -0.462 e. The zero-order chi connectivity index (χ0) is 25.5. The monoisotopic (exact) mass is 494 g/mol. The minimum atomic E-state index is -0.627. The lowest BCUT2D eigenvalue weighted by atomic mass is 10.1. The number of anilines is 2. The van der Waals surface area contributed by atoms with Gasteiger partial charge in [0.2, 0.25) is 0 Å². The standard InChI is InChI=1S/C26H26N2O6S/c1-5-33-25(31)18-11-13-19(14-12-18)27-23(30)21-16(4)20(26(32)34-6-2)24(35-21)28-22(29)17-9-7-15(3)8-10-17/h7-14H,5-6H2,1-4H3,(H,27,30)(H,28,29). The van der Waals surface area contributed by atoms with Crippen LogP contribution in [0, 0.1) is 13.8 Å². The van der Waals surface area contributed by atoms with Crippen LogP contribution in [0.3, 0.4) is 0 Å². The van der Waals surface area contributed by atoms with Gasteiger partial charge in [0.05, 0.1) is 29.2 Å². The third kappa shape index (κ3) is 6.13. The van der Waals surface area contributed by atoms with Crippen LogP contribution < -0.4 is 10.6 Å². The lowest BCUT2D eigenvalue weighted by molar-refractivity contribution is 0.0517. The minimum absolute atomic E-state index is 0.139. The highest BCUT2D eigenvalue weighted by molar-refractivity contribution is 7.19.